The average Bonchev–Trinajstić information content (AvgIpc) is 3.07. The Bertz CT molecular complexity index is 1080. The summed E-state index contributed by atoms with van der Waals surface area (Å²) in [6.07, 6.45) is 0. The molecular formula is C20H20N4O4. The van der Waals surface area contributed by atoms with Gasteiger partial charge in [-0.05, 0) is 31.2 Å². The third kappa shape index (κ3) is 3.62. The highest BCUT2D eigenvalue weighted by Gasteiger charge is 2.26. The summed E-state index contributed by atoms with van der Waals surface area (Å²) < 4.78 is 4.96. The highest BCUT2D eigenvalue weighted by Crippen LogP contribution is 2.18. The Morgan fingerprint density at radius 3 is 2.46 bits per heavy atom. The number of rotatable bonds is 2. The van der Waals surface area contributed by atoms with Crippen LogP contribution in [0.25, 0.3) is 11.1 Å². The molecule has 0 bridgehead atoms. The van der Waals surface area contributed by atoms with Gasteiger partial charge in [-0.3, -0.25) is 14.6 Å². The molecule has 0 radical (unpaired) electrons. The Kier molecular flexibility index (Phi) is 4.60. The molecule has 144 valence electrons. The summed E-state index contributed by atoms with van der Waals surface area (Å²) in [4.78, 5) is 42.3. The molecule has 3 aromatic rings. The summed E-state index contributed by atoms with van der Waals surface area (Å²) in [5, 5.41) is 2.57. The molecule has 2 amide bonds. The minimum atomic E-state index is -0.707. The molecule has 8 heteroatoms. The van der Waals surface area contributed by atoms with E-state index in [-0.39, 0.29) is 0 Å². The third-order valence-corrected chi connectivity index (χ3v) is 4.84. The van der Waals surface area contributed by atoms with Gasteiger partial charge in [-0.2, -0.15) is 0 Å². The molecule has 0 unspecified atom stereocenters. The average molecular weight is 380 g/mol. The second-order valence-corrected chi connectivity index (χ2v) is 6.79. The van der Waals surface area contributed by atoms with Crippen molar-refractivity contribution in [2.45, 2.75) is 6.92 Å². The molecule has 0 atom stereocenters. The number of benzene rings is 2. The quantitative estimate of drug-likeness (QED) is 0.660. The lowest BCUT2D eigenvalue weighted by Crippen LogP contribution is -2.51. The summed E-state index contributed by atoms with van der Waals surface area (Å²) in [5.74, 6) is -1.85. The molecule has 2 aromatic carbocycles. The van der Waals surface area contributed by atoms with Crippen molar-refractivity contribution in [2.75, 3.05) is 36.4 Å². The van der Waals surface area contributed by atoms with Crippen molar-refractivity contribution in [3.05, 3.63) is 58.6 Å². The van der Waals surface area contributed by atoms with Crippen molar-refractivity contribution in [3.63, 3.8) is 0 Å². The first kappa shape index (κ1) is 17.8. The van der Waals surface area contributed by atoms with Crippen molar-refractivity contribution in [3.8, 4) is 0 Å². The predicted octanol–water partition coefficient (Wildman–Crippen LogP) is 1.72. The van der Waals surface area contributed by atoms with Crippen LogP contribution in [-0.4, -0.2) is 47.9 Å². The first-order valence-electron chi connectivity index (χ1n) is 9.04. The van der Waals surface area contributed by atoms with Crippen LogP contribution in [0.1, 0.15) is 5.56 Å². The van der Waals surface area contributed by atoms with E-state index in [0.29, 0.717) is 43.0 Å². The van der Waals surface area contributed by atoms with Crippen LogP contribution >= 0.6 is 0 Å². The van der Waals surface area contributed by atoms with E-state index in [0.717, 1.165) is 5.69 Å². The van der Waals surface area contributed by atoms with Gasteiger partial charge in [0.2, 0.25) is 0 Å². The highest BCUT2D eigenvalue weighted by molar-refractivity contribution is 6.39. The van der Waals surface area contributed by atoms with Crippen LogP contribution in [0.3, 0.4) is 0 Å². The molecule has 1 aromatic heterocycles. The third-order valence-electron chi connectivity index (χ3n) is 4.84. The summed E-state index contributed by atoms with van der Waals surface area (Å²) in [5.41, 5.74) is 3.56. The van der Waals surface area contributed by atoms with E-state index >= 15 is 0 Å². The molecule has 2 heterocycles. The Balaban J connectivity index is 1.36. The predicted molar refractivity (Wildman–Crippen MR) is 105 cm³/mol. The fraction of sp³-hybridized carbons (Fsp3) is 0.250. The number of hydrogen-bond donors (Lipinski definition) is 2. The molecular weight excluding hydrogens is 360 g/mol. The highest BCUT2D eigenvalue weighted by atomic mass is 16.4. The van der Waals surface area contributed by atoms with Gasteiger partial charge < -0.3 is 19.5 Å². The zero-order valence-electron chi connectivity index (χ0n) is 15.4. The number of oxazole rings is 1. The van der Waals surface area contributed by atoms with E-state index in [1.165, 1.54) is 11.6 Å². The maximum Gasteiger partial charge on any atom is 0.417 e. The molecule has 8 nitrogen and oxygen atoms in total. The number of aryl methyl sites for hydroxylation is 1. The molecule has 28 heavy (non-hydrogen) atoms. The molecule has 1 saturated heterocycles. The first-order chi connectivity index (χ1) is 13.5. The van der Waals surface area contributed by atoms with E-state index in [1.54, 1.807) is 17.0 Å². The van der Waals surface area contributed by atoms with Crippen molar-refractivity contribution < 1.29 is 14.0 Å². The second-order valence-electron chi connectivity index (χ2n) is 6.79. The van der Waals surface area contributed by atoms with Gasteiger partial charge in [-0.15, -0.1) is 0 Å². The number of nitrogens with one attached hydrogen (secondary N) is 2. The molecule has 1 fully saturated rings. The lowest BCUT2D eigenvalue weighted by Gasteiger charge is -2.35. The molecule has 2 N–H and O–H groups in total. The van der Waals surface area contributed by atoms with Crippen LogP contribution in [0.2, 0.25) is 0 Å². The number of nitrogens with zero attached hydrogens (tertiary/aromatic N) is 2. The maximum atomic E-state index is 12.5. The number of carbonyl (C=O) groups excluding carboxylic acids is 2. The Hall–Kier alpha value is -3.55. The van der Waals surface area contributed by atoms with Crippen LogP contribution in [-0.2, 0) is 9.59 Å². The summed E-state index contributed by atoms with van der Waals surface area (Å²) in [6.45, 7) is 4.34. The fourth-order valence-electron chi connectivity index (χ4n) is 3.27. The SMILES string of the molecule is Cc1ccc(N2CCN(C(=O)C(=O)Nc3ccc4[nH]c(=O)oc4c3)CC2)cc1. The van der Waals surface area contributed by atoms with Gasteiger partial charge in [0.25, 0.3) is 0 Å². The number of anilines is 2. The number of aromatic nitrogens is 1. The van der Waals surface area contributed by atoms with Crippen LogP contribution in [0, 0.1) is 6.92 Å². The fourth-order valence-corrected chi connectivity index (χ4v) is 3.27. The number of H-pyrrole nitrogens is 1. The van der Waals surface area contributed by atoms with Crippen LogP contribution < -0.4 is 16.0 Å². The summed E-state index contributed by atoms with van der Waals surface area (Å²) in [7, 11) is 0. The van der Waals surface area contributed by atoms with E-state index in [9.17, 15) is 14.4 Å². The second kappa shape index (κ2) is 7.22. The largest absolute Gasteiger partial charge is 0.417 e. The number of piperazine rings is 1. The van der Waals surface area contributed by atoms with Gasteiger partial charge in [-0.1, -0.05) is 17.7 Å². The lowest BCUT2D eigenvalue weighted by molar-refractivity contribution is -0.143. The van der Waals surface area contributed by atoms with Gasteiger partial charge in [0, 0.05) is 43.6 Å². The molecule has 1 aliphatic heterocycles. The number of hydrogen-bond acceptors (Lipinski definition) is 5. The zero-order chi connectivity index (χ0) is 19.7. The monoisotopic (exact) mass is 380 g/mol. The van der Waals surface area contributed by atoms with Crippen molar-refractivity contribution in [1.82, 2.24) is 9.88 Å². The Labute approximate surface area is 160 Å². The van der Waals surface area contributed by atoms with Crippen molar-refractivity contribution in [2.24, 2.45) is 0 Å². The molecule has 0 aliphatic carbocycles. The molecule has 1 aliphatic rings. The molecule has 4 rings (SSSR count). The van der Waals surface area contributed by atoms with E-state index in [1.807, 2.05) is 6.92 Å². The Morgan fingerprint density at radius 2 is 1.75 bits per heavy atom. The van der Waals surface area contributed by atoms with Gasteiger partial charge in [-0.25, -0.2) is 4.79 Å². The van der Waals surface area contributed by atoms with Crippen LogP contribution in [0.15, 0.2) is 51.7 Å². The topological polar surface area (TPSA) is 98.6 Å². The maximum absolute atomic E-state index is 12.5. The summed E-state index contributed by atoms with van der Waals surface area (Å²) >= 11 is 0. The zero-order valence-corrected chi connectivity index (χ0v) is 15.4. The first-order valence-corrected chi connectivity index (χ1v) is 9.04. The van der Waals surface area contributed by atoms with E-state index in [2.05, 4.69) is 39.5 Å². The van der Waals surface area contributed by atoms with Gasteiger partial charge in [0.15, 0.2) is 5.58 Å². The minimum Gasteiger partial charge on any atom is -0.408 e. The number of fused-ring (bicyclic) bond motifs is 1. The molecule has 0 spiro atoms. The lowest BCUT2D eigenvalue weighted by atomic mass is 10.2. The van der Waals surface area contributed by atoms with Crippen LogP contribution in [0.4, 0.5) is 11.4 Å². The van der Waals surface area contributed by atoms with Crippen molar-refractivity contribution in [1.29, 1.82) is 0 Å². The van der Waals surface area contributed by atoms with Gasteiger partial charge in [0.05, 0.1) is 5.52 Å². The van der Waals surface area contributed by atoms with Gasteiger partial charge in [0.1, 0.15) is 0 Å². The normalized spacial score (nSPS) is 14.3. The molecule has 0 saturated carbocycles. The van der Waals surface area contributed by atoms with E-state index in [4.69, 9.17) is 4.42 Å². The number of carbonyl (C=O) groups is 2. The number of amides is 2. The van der Waals surface area contributed by atoms with Gasteiger partial charge >= 0.3 is 17.6 Å². The minimum absolute atomic E-state index is 0.321. The smallest absolute Gasteiger partial charge is 0.408 e. The standard InChI is InChI=1S/C20H20N4O4/c1-13-2-5-15(6-3-13)23-8-10-24(11-9-23)19(26)18(25)21-14-4-7-16-17(12-14)28-20(27)22-16/h2-7,12H,8-11H2,1H3,(H,21,25)(H,22,27). The van der Waals surface area contributed by atoms with Crippen LogP contribution in [0.5, 0.6) is 0 Å². The van der Waals surface area contributed by atoms with E-state index < -0.39 is 17.6 Å². The Morgan fingerprint density at radius 1 is 1.04 bits per heavy atom. The van der Waals surface area contributed by atoms with Crippen molar-refractivity contribution >= 4 is 34.3 Å². The summed E-state index contributed by atoms with van der Waals surface area (Å²) in [6, 6.07) is 13.0. The number of aromatic amines is 1.